The molecule has 4 heteroatoms. The van der Waals surface area contributed by atoms with Crippen molar-refractivity contribution >= 4 is 0 Å². The van der Waals surface area contributed by atoms with Crippen LogP contribution in [0.15, 0.2) is 41.2 Å². The highest BCUT2D eigenvalue weighted by molar-refractivity contribution is 5.21. The summed E-state index contributed by atoms with van der Waals surface area (Å²) in [6.07, 6.45) is 1.14. The maximum Gasteiger partial charge on any atom is 0.267 e. The number of hydrogen-bond donors (Lipinski definition) is 0. The molecule has 0 fully saturated rings. The van der Waals surface area contributed by atoms with Crippen LogP contribution in [0.5, 0.6) is 5.75 Å². The summed E-state index contributed by atoms with van der Waals surface area (Å²) in [6.45, 7) is 1.86. The summed E-state index contributed by atoms with van der Waals surface area (Å²) in [7, 11) is 0. The van der Waals surface area contributed by atoms with Gasteiger partial charge in [0.05, 0.1) is 0 Å². The van der Waals surface area contributed by atoms with E-state index >= 15 is 0 Å². The summed E-state index contributed by atoms with van der Waals surface area (Å²) in [5, 5.41) is 3.52. The quantitative estimate of drug-likeness (QED) is 0.744. The number of nitrogens with zero attached hydrogens (tertiary/aromatic N) is 2. The molecule has 72 valence electrons. The van der Waals surface area contributed by atoms with E-state index in [0.717, 1.165) is 5.75 Å². The number of ether oxygens (including phenoxy) is 1. The van der Waals surface area contributed by atoms with Gasteiger partial charge in [0.25, 0.3) is 5.89 Å². The van der Waals surface area contributed by atoms with Crippen LogP contribution in [0.2, 0.25) is 0 Å². The first-order chi connectivity index (χ1) is 6.86. The van der Waals surface area contributed by atoms with E-state index < -0.39 is 0 Å². The third-order valence-corrected chi connectivity index (χ3v) is 1.78. The first-order valence-corrected chi connectivity index (χ1v) is 4.34. The zero-order valence-electron chi connectivity index (χ0n) is 7.75. The largest absolute Gasteiger partial charge is 0.481 e. The van der Waals surface area contributed by atoms with Gasteiger partial charge in [-0.2, -0.15) is 4.98 Å². The standard InChI is InChI=1S/C10H10N2O2/c1-8(10-11-7-12-14-10)13-9-5-3-2-4-6-9/h2-8H,1H3. The van der Waals surface area contributed by atoms with Gasteiger partial charge in [0.2, 0.25) is 0 Å². The molecule has 14 heavy (non-hydrogen) atoms. The lowest BCUT2D eigenvalue weighted by atomic mass is 10.3. The van der Waals surface area contributed by atoms with Gasteiger partial charge in [-0.15, -0.1) is 0 Å². The maximum absolute atomic E-state index is 5.56. The number of para-hydroxylation sites is 1. The second-order valence-corrected chi connectivity index (χ2v) is 2.85. The summed E-state index contributed by atoms with van der Waals surface area (Å²) >= 11 is 0. The van der Waals surface area contributed by atoms with E-state index in [0.29, 0.717) is 5.89 Å². The number of aromatic nitrogens is 2. The van der Waals surface area contributed by atoms with Gasteiger partial charge >= 0.3 is 0 Å². The molecule has 0 aliphatic carbocycles. The van der Waals surface area contributed by atoms with Crippen LogP contribution in [-0.4, -0.2) is 10.1 Å². The van der Waals surface area contributed by atoms with Crippen LogP contribution in [0.4, 0.5) is 0 Å². The number of benzene rings is 1. The van der Waals surface area contributed by atoms with E-state index in [1.807, 2.05) is 37.3 Å². The van der Waals surface area contributed by atoms with Crippen LogP contribution < -0.4 is 4.74 Å². The monoisotopic (exact) mass is 190 g/mol. The van der Waals surface area contributed by atoms with Crippen LogP contribution in [0.25, 0.3) is 0 Å². The van der Waals surface area contributed by atoms with Gasteiger partial charge < -0.3 is 9.26 Å². The van der Waals surface area contributed by atoms with E-state index in [-0.39, 0.29) is 6.10 Å². The van der Waals surface area contributed by atoms with E-state index in [1.165, 1.54) is 6.33 Å². The highest BCUT2D eigenvalue weighted by Gasteiger charge is 2.12. The molecule has 0 bridgehead atoms. The minimum absolute atomic E-state index is 0.222. The molecule has 0 radical (unpaired) electrons. The summed E-state index contributed by atoms with van der Waals surface area (Å²) in [6, 6.07) is 9.52. The summed E-state index contributed by atoms with van der Waals surface area (Å²) in [5.74, 6) is 1.27. The molecule has 1 aromatic carbocycles. The minimum Gasteiger partial charge on any atom is -0.481 e. The number of hydrogen-bond acceptors (Lipinski definition) is 4. The molecule has 0 aliphatic heterocycles. The van der Waals surface area contributed by atoms with Gasteiger partial charge in [0, 0.05) is 0 Å². The Bertz CT molecular complexity index is 372. The highest BCUT2D eigenvalue weighted by atomic mass is 16.5. The minimum atomic E-state index is -0.222. The van der Waals surface area contributed by atoms with E-state index in [2.05, 4.69) is 10.1 Å². The van der Waals surface area contributed by atoms with Crippen molar-refractivity contribution in [3.63, 3.8) is 0 Å². The lowest BCUT2D eigenvalue weighted by Gasteiger charge is -2.09. The van der Waals surface area contributed by atoms with Gasteiger partial charge in [-0.1, -0.05) is 23.4 Å². The molecule has 0 aliphatic rings. The Morgan fingerprint density at radius 2 is 2.07 bits per heavy atom. The predicted octanol–water partition coefficient (Wildman–Crippen LogP) is 2.21. The second kappa shape index (κ2) is 3.91. The zero-order chi connectivity index (χ0) is 9.80. The fraction of sp³-hybridized carbons (Fsp3) is 0.200. The topological polar surface area (TPSA) is 48.2 Å². The van der Waals surface area contributed by atoms with Crippen molar-refractivity contribution in [3.05, 3.63) is 42.5 Å². The summed E-state index contributed by atoms with van der Waals surface area (Å²) in [4.78, 5) is 3.91. The Morgan fingerprint density at radius 3 is 2.71 bits per heavy atom. The lowest BCUT2D eigenvalue weighted by Crippen LogP contribution is -2.02. The molecule has 0 amide bonds. The van der Waals surface area contributed by atoms with Crippen LogP contribution in [0, 0.1) is 0 Å². The van der Waals surface area contributed by atoms with Crippen molar-refractivity contribution in [2.45, 2.75) is 13.0 Å². The average molecular weight is 190 g/mol. The maximum atomic E-state index is 5.56. The fourth-order valence-electron chi connectivity index (χ4n) is 1.11. The van der Waals surface area contributed by atoms with Crippen molar-refractivity contribution in [2.75, 3.05) is 0 Å². The second-order valence-electron chi connectivity index (χ2n) is 2.85. The molecule has 2 rings (SSSR count). The fourth-order valence-corrected chi connectivity index (χ4v) is 1.11. The van der Waals surface area contributed by atoms with Crippen molar-refractivity contribution in [2.24, 2.45) is 0 Å². The molecule has 1 atom stereocenters. The Morgan fingerprint density at radius 1 is 1.29 bits per heavy atom. The molecule has 0 spiro atoms. The molecule has 0 saturated heterocycles. The zero-order valence-corrected chi connectivity index (χ0v) is 7.75. The molecule has 2 aromatic rings. The average Bonchev–Trinajstić information content (AvgIpc) is 2.72. The Labute approximate surface area is 81.5 Å². The van der Waals surface area contributed by atoms with Gasteiger partial charge in [-0.05, 0) is 19.1 Å². The first kappa shape index (κ1) is 8.74. The normalized spacial score (nSPS) is 12.4. The molecular formula is C10H10N2O2. The molecule has 0 saturated carbocycles. The van der Waals surface area contributed by atoms with E-state index in [4.69, 9.17) is 9.26 Å². The molecular weight excluding hydrogens is 180 g/mol. The third kappa shape index (κ3) is 1.90. The highest BCUT2D eigenvalue weighted by Crippen LogP contribution is 2.18. The number of rotatable bonds is 3. The third-order valence-electron chi connectivity index (χ3n) is 1.78. The van der Waals surface area contributed by atoms with Gasteiger partial charge in [-0.3, -0.25) is 0 Å². The molecule has 1 aromatic heterocycles. The summed E-state index contributed by atoms with van der Waals surface area (Å²) in [5.41, 5.74) is 0. The Hall–Kier alpha value is -1.84. The van der Waals surface area contributed by atoms with Crippen LogP contribution >= 0.6 is 0 Å². The Balaban J connectivity index is 2.06. The smallest absolute Gasteiger partial charge is 0.267 e. The predicted molar refractivity (Wildman–Crippen MR) is 49.8 cm³/mol. The van der Waals surface area contributed by atoms with Gasteiger partial charge in [0.15, 0.2) is 12.4 Å². The van der Waals surface area contributed by atoms with Crippen LogP contribution in [0.3, 0.4) is 0 Å². The lowest BCUT2D eigenvalue weighted by molar-refractivity contribution is 0.176. The first-order valence-electron chi connectivity index (χ1n) is 4.34. The van der Waals surface area contributed by atoms with Crippen LogP contribution in [-0.2, 0) is 0 Å². The van der Waals surface area contributed by atoms with Crippen molar-refractivity contribution in [1.82, 2.24) is 10.1 Å². The molecule has 1 heterocycles. The SMILES string of the molecule is CC(Oc1ccccc1)c1ncno1. The van der Waals surface area contributed by atoms with Crippen molar-refractivity contribution < 1.29 is 9.26 Å². The summed E-state index contributed by atoms with van der Waals surface area (Å²) < 4.78 is 10.4. The van der Waals surface area contributed by atoms with Crippen molar-refractivity contribution in [3.8, 4) is 5.75 Å². The van der Waals surface area contributed by atoms with Crippen LogP contribution in [0.1, 0.15) is 18.9 Å². The van der Waals surface area contributed by atoms with Gasteiger partial charge in [0.1, 0.15) is 5.75 Å². The van der Waals surface area contributed by atoms with Crippen molar-refractivity contribution in [1.29, 1.82) is 0 Å². The Kier molecular flexibility index (Phi) is 2.44. The van der Waals surface area contributed by atoms with E-state index in [9.17, 15) is 0 Å². The molecule has 1 unspecified atom stereocenters. The molecule has 4 nitrogen and oxygen atoms in total. The molecule has 0 N–H and O–H groups in total. The van der Waals surface area contributed by atoms with E-state index in [1.54, 1.807) is 0 Å². The van der Waals surface area contributed by atoms with Gasteiger partial charge in [-0.25, -0.2) is 0 Å².